The lowest BCUT2D eigenvalue weighted by Crippen LogP contribution is -2.60. The van der Waals surface area contributed by atoms with E-state index in [1.807, 2.05) is 35.2 Å². The van der Waals surface area contributed by atoms with E-state index in [0.717, 1.165) is 43.1 Å². The molecule has 5 rings (SSSR count). The molecule has 0 aliphatic carbocycles. The second kappa shape index (κ2) is 10.9. The van der Waals surface area contributed by atoms with Gasteiger partial charge in [0.05, 0.1) is 0 Å². The standard InChI is InChI=1S/C30H41N3O4/c1-19(2)24-12-11-20(3)13-29(35)33-17-21-14-23(25(33)8-6-10-28(34)31-24)18-32(16-21)30(36)27-15-22-7-4-5-9-26(22)37-27/h4-5,7,9,15,19-21,23-25H,6,8,10-14,16-18H2,1-3H3,(H,31,34)/t20-,21+,23+,24+,25+/m1/s1. The van der Waals surface area contributed by atoms with E-state index in [2.05, 4.69) is 31.0 Å². The number of hydrogen-bond donors (Lipinski definition) is 1. The molecule has 1 aromatic carbocycles. The summed E-state index contributed by atoms with van der Waals surface area (Å²) in [5.41, 5.74) is 0.724. The van der Waals surface area contributed by atoms with Crippen molar-refractivity contribution in [2.24, 2.45) is 23.7 Å². The van der Waals surface area contributed by atoms with E-state index in [-0.39, 0.29) is 47.6 Å². The van der Waals surface area contributed by atoms with Crippen molar-refractivity contribution in [2.45, 2.75) is 77.8 Å². The fourth-order valence-corrected chi connectivity index (χ4v) is 6.72. The Labute approximate surface area is 219 Å². The molecule has 1 aromatic heterocycles. The summed E-state index contributed by atoms with van der Waals surface area (Å²) in [4.78, 5) is 43.8. The van der Waals surface area contributed by atoms with Gasteiger partial charge < -0.3 is 19.5 Å². The van der Waals surface area contributed by atoms with Gasteiger partial charge >= 0.3 is 0 Å². The van der Waals surface area contributed by atoms with Gasteiger partial charge in [-0.15, -0.1) is 0 Å². The Kier molecular flexibility index (Phi) is 7.59. The summed E-state index contributed by atoms with van der Waals surface area (Å²) in [5, 5.41) is 4.18. The van der Waals surface area contributed by atoms with Crippen LogP contribution in [0.15, 0.2) is 34.7 Å². The van der Waals surface area contributed by atoms with Crippen LogP contribution in [-0.2, 0) is 9.59 Å². The van der Waals surface area contributed by atoms with Crippen LogP contribution in [0.2, 0.25) is 0 Å². The molecule has 3 aliphatic heterocycles. The number of fused-ring (bicyclic) bond motifs is 5. The van der Waals surface area contributed by atoms with Gasteiger partial charge in [-0.3, -0.25) is 14.4 Å². The Hall–Kier alpha value is -2.83. The molecule has 5 atom stereocenters. The summed E-state index contributed by atoms with van der Waals surface area (Å²) >= 11 is 0. The second-order valence-corrected chi connectivity index (χ2v) is 12.0. The van der Waals surface area contributed by atoms with Gasteiger partial charge in [0, 0.05) is 49.9 Å². The fraction of sp³-hybridized carbons (Fsp3) is 0.633. The van der Waals surface area contributed by atoms with E-state index in [1.165, 1.54) is 0 Å². The third kappa shape index (κ3) is 5.70. The van der Waals surface area contributed by atoms with Crippen molar-refractivity contribution in [1.29, 1.82) is 0 Å². The van der Waals surface area contributed by atoms with Gasteiger partial charge in [0.2, 0.25) is 11.8 Å². The van der Waals surface area contributed by atoms with Gasteiger partial charge in [-0.05, 0) is 67.9 Å². The predicted molar refractivity (Wildman–Crippen MR) is 143 cm³/mol. The number of benzene rings is 1. The summed E-state index contributed by atoms with van der Waals surface area (Å²) in [5.74, 6) is 1.81. The monoisotopic (exact) mass is 507 g/mol. The summed E-state index contributed by atoms with van der Waals surface area (Å²) in [6, 6.07) is 9.75. The molecule has 3 saturated heterocycles. The van der Waals surface area contributed by atoms with Crippen LogP contribution >= 0.6 is 0 Å². The zero-order valence-corrected chi connectivity index (χ0v) is 22.4. The van der Waals surface area contributed by atoms with Crippen LogP contribution in [0, 0.1) is 23.7 Å². The predicted octanol–water partition coefficient (Wildman–Crippen LogP) is 4.85. The number of para-hydroxylation sites is 1. The topological polar surface area (TPSA) is 82.9 Å². The minimum atomic E-state index is -0.0666. The Morgan fingerprint density at radius 1 is 1.08 bits per heavy atom. The number of rotatable bonds is 2. The number of likely N-dealkylation sites (tertiary alicyclic amines) is 1. The van der Waals surface area contributed by atoms with E-state index in [9.17, 15) is 14.4 Å². The molecule has 37 heavy (non-hydrogen) atoms. The number of nitrogens with zero attached hydrogens (tertiary/aromatic N) is 2. The van der Waals surface area contributed by atoms with Crippen molar-refractivity contribution in [3.8, 4) is 0 Å². The summed E-state index contributed by atoms with van der Waals surface area (Å²) < 4.78 is 5.88. The van der Waals surface area contributed by atoms with Crippen molar-refractivity contribution in [1.82, 2.24) is 15.1 Å². The average Bonchev–Trinajstić information content (AvgIpc) is 3.30. The normalized spacial score (nSPS) is 29.8. The van der Waals surface area contributed by atoms with E-state index >= 15 is 0 Å². The van der Waals surface area contributed by atoms with Gasteiger partial charge in [-0.2, -0.15) is 0 Å². The van der Waals surface area contributed by atoms with Crippen LogP contribution in [0.25, 0.3) is 11.0 Å². The van der Waals surface area contributed by atoms with E-state index in [1.54, 1.807) is 0 Å². The number of hydrogen-bond acceptors (Lipinski definition) is 4. The van der Waals surface area contributed by atoms with Gasteiger partial charge in [-0.1, -0.05) is 39.0 Å². The van der Waals surface area contributed by atoms with Crippen LogP contribution in [0.4, 0.5) is 0 Å². The van der Waals surface area contributed by atoms with Crippen LogP contribution in [0.3, 0.4) is 0 Å². The molecular weight excluding hydrogens is 466 g/mol. The lowest BCUT2D eigenvalue weighted by atomic mass is 9.77. The molecule has 3 fully saturated rings. The SMILES string of the molecule is CC(C)[C@@H]1CC[C@@H](C)CC(=O)N2C[C@H]3C[C@@H](CN(C(=O)c4cc5ccccc5o4)C3)[C@@H]2CCCC(=O)N1. The average molecular weight is 508 g/mol. The fourth-order valence-electron chi connectivity index (χ4n) is 6.72. The van der Waals surface area contributed by atoms with Crippen molar-refractivity contribution in [3.05, 3.63) is 36.1 Å². The van der Waals surface area contributed by atoms with Gasteiger partial charge in [0.15, 0.2) is 5.76 Å². The van der Waals surface area contributed by atoms with E-state index < -0.39 is 0 Å². The lowest BCUT2D eigenvalue weighted by molar-refractivity contribution is -0.141. The first-order valence-electron chi connectivity index (χ1n) is 14.1. The molecule has 7 heteroatoms. The Bertz CT molecular complexity index is 1110. The molecule has 0 unspecified atom stereocenters. The number of nitrogens with one attached hydrogen (secondary N) is 1. The highest BCUT2D eigenvalue weighted by atomic mass is 16.3. The Morgan fingerprint density at radius 3 is 2.68 bits per heavy atom. The number of piperidine rings is 2. The molecule has 200 valence electrons. The summed E-state index contributed by atoms with van der Waals surface area (Å²) in [7, 11) is 0. The smallest absolute Gasteiger partial charge is 0.289 e. The molecule has 2 aromatic rings. The molecule has 7 nitrogen and oxygen atoms in total. The van der Waals surface area contributed by atoms with Crippen molar-refractivity contribution >= 4 is 28.7 Å². The highest BCUT2D eigenvalue weighted by Crippen LogP contribution is 2.37. The van der Waals surface area contributed by atoms with Crippen LogP contribution in [-0.4, -0.2) is 59.2 Å². The quantitative estimate of drug-likeness (QED) is 0.630. The number of carbonyl (C=O) groups excluding carboxylic acids is 3. The highest BCUT2D eigenvalue weighted by Gasteiger charge is 2.44. The van der Waals surface area contributed by atoms with Crippen molar-refractivity contribution in [2.75, 3.05) is 19.6 Å². The van der Waals surface area contributed by atoms with E-state index in [4.69, 9.17) is 4.42 Å². The van der Waals surface area contributed by atoms with Gasteiger partial charge in [-0.25, -0.2) is 0 Å². The maximum absolute atomic E-state index is 13.6. The van der Waals surface area contributed by atoms with E-state index in [0.29, 0.717) is 44.2 Å². The first-order valence-corrected chi connectivity index (χ1v) is 14.1. The summed E-state index contributed by atoms with van der Waals surface area (Å²) in [6.07, 6.45) is 5.44. The maximum atomic E-state index is 13.6. The molecule has 3 aliphatic rings. The first-order chi connectivity index (χ1) is 17.8. The van der Waals surface area contributed by atoms with Crippen LogP contribution in [0.1, 0.15) is 76.3 Å². The Balaban J connectivity index is 1.33. The number of amides is 3. The molecule has 2 bridgehead atoms. The summed E-state index contributed by atoms with van der Waals surface area (Å²) in [6.45, 7) is 8.42. The zero-order valence-electron chi connectivity index (χ0n) is 22.4. The molecule has 3 amide bonds. The first kappa shape index (κ1) is 25.8. The lowest BCUT2D eigenvalue weighted by Gasteiger charge is -2.51. The maximum Gasteiger partial charge on any atom is 0.289 e. The zero-order chi connectivity index (χ0) is 26.1. The largest absolute Gasteiger partial charge is 0.451 e. The molecule has 0 saturated carbocycles. The van der Waals surface area contributed by atoms with Crippen molar-refractivity contribution in [3.63, 3.8) is 0 Å². The molecular formula is C30H41N3O4. The van der Waals surface area contributed by atoms with Gasteiger partial charge in [0.1, 0.15) is 5.58 Å². The second-order valence-electron chi connectivity index (χ2n) is 12.0. The van der Waals surface area contributed by atoms with Gasteiger partial charge in [0.25, 0.3) is 5.91 Å². The molecule has 4 heterocycles. The van der Waals surface area contributed by atoms with Crippen LogP contribution in [0.5, 0.6) is 0 Å². The number of furan rings is 1. The minimum absolute atomic E-state index is 0.0664. The van der Waals surface area contributed by atoms with Crippen molar-refractivity contribution < 1.29 is 18.8 Å². The van der Waals surface area contributed by atoms with Crippen LogP contribution < -0.4 is 5.32 Å². The molecule has 1 N–H and O–H groups in total. The minimum Gasteiger partial charge on any atom is -0.451 e. The Morgan fingerprint density at radius 2 is 1.89 bits per heavy atom. The third-order valence-corrected chi connectivity index (χ3v) is 8.76. The number of carbonyl (C=O) groups is 3. The molecule has 0 spiro atoms. The molecule has 0 radical (unpaired) electrons. The third-order valence-electron chi connectivity index (χ3n) is 8.76. The highest BCUT2D eigenvalue weighted by molar-refractivity contribution is 5.96.